The van der Waals surface area contributed by atoms with Gasteiger partial charge in [-0.1, -0.05) is 23.7 Å². The number of hydrogen-bond donors (Lipinski definition) is 1. The molecule has 2 atom stereocenters. The van der Waals surface area contributed by atoms with Crippen molar-refractivity contribution in [3.8, 4) is 17.1 Å². The summed E-state index contributed by atoms with van der Waals surface area (Å²) in [5.41, 5.74) is 0.926. The molecule has 21 heavy (non-hydrogen) atoms. The summed E-state index contributed by atoms with van der Waals surface area (Å²) in [7, 11) is 1.99. The van der Waals surface area contributed by atoms with Gasteiger partial charge in [-0.3, -0.25) is 0 Å². The smallest absolute Gasteiger partial charge is 0.231 e. The van der Waals surface area contributed by atoms with E-state index in [1.165, 1.54) is 12.8 Å². The predicted octanol–water partition coefficient (Wildman–Crippen LogP) is 2.99. The molecule has 1 aliphatic rings. The zero-order valence-corrected chi connectivity index (χ0v) is 12.5. The van der Waals surface area contributed by atoms with E-state index in [0.29, 0.717) is 24.4 Å². The molecule has 0 amide bonds. The summed E-state index contributed by atoms with van der Waals surface area (Å²) in [6, 6.07) is 8.24. The number of nitrogens with one attached hydrogen (secondary N) is 1. The van der Waals surface area contributed by atoms with Crippen molar-refractivity contribution in [1.29, 1.82) is 0 Å². The molecule has 5 heteroatoms. The van der Waals surface area contributed by atoms with Gasteiger partial charge in [0.15, 0.2) is 0 Å². The van der Waals surface area contributed by atoms with Crippen molar-refractivity contribution < 1.29 is 9.26 Å². The first-order chi connectivity index (χ1) is 10.3. The molecule has 2 aromatic rings. The Kier molecular flexibility index (Phi) is 4.20. The highest BCUT2D eigenvalue weighted by Gasteiger charge is 2.31. The van der Waals surface area contributed by atoms with E-state index in [2.05, 4.69) is 15.5 Å². The number of nitrogens with zero attached hydrogens (tertiary/aromatic N) is 2. The van der Waals surface area contributed by atoms with Crippen molar-refractivity contribution in [3.05, 3.63) is 30.2 Å². The topological polar surface area (TPSA) is 60.2 Å². The minimum absolute atomic E-state index is 0.325. The van der Waals surface area contributed by atoms with Crippen LogP contribution in [0.4, 0.5) is 0 Å². The van der Waals surface area contributed by atoms with Gasteiger partial charge >= 0.3 is 0 Å². The van der Waals surface area contributed by atoms with Crippen LogP contribution in [0.1, 0.15) is 38.0 Å². The first kappa shape index (κ1) is 14.1. The fourth-order valence-electron chi connectivity index (χ4n) is 3.00. The van der Waals surface area contributed by atoms with Gasteiger partial charge in [0.05, 0.1) is 12.5 Å². The van der Waals surface area contributed by atoms with Gasteiger partial charge in [0.25, 0.3) is 0 Å². The average molecular weight is 287 g/mol. The van der Waals surface area contributed by atoms with Crippen molar-refractivity contribution in [3.63, 3.8) is 0 Å². The Morgan fingerprint density at radius 3 is 3.10 bits per heavy atom. The van der Waals surface area contributed by atoms with Gasteiger partial charge in [-0.05, 0) is 38.9 Å². The molecule has 1 saturated carbocycles. The molecule has 112 valence electrons. The fourth-order valence-corrected chi connectivity index (χ4v) is 3.00. The maximum Gasteiger partial charge on any atom is 0.231 e. The van der Waals surface area contributed by atoms with Gasteiger partial charge in [0.2, 0.25) is 11.7 Å². The summed E-state index contributed by atoms with van der Waals surface area (Å²) < 4.78 is 11.0. The summed E-state index contributed by atoms with van der Waals surface area (Å²) in [5, 5.41) is 7.47. The second kappa shape index (κ2) is 6.26. The van der Waals surface area contributed by atoms with Crippen LogP contribution in [0, 0.1) is 0 Å². The highest BCUT2D eigenvalue weighted by molar-refractivity contribution is 5.56. The monoisotopic (exact) mass is 287 g/mol. The molecule has 2 unspecified atom stereocenters. The van der Waals surface area contributed by atoms with E-state index in [9.17, 15) is 0 Å². The maximum absolute atomic E-state index is 5.51. The van der Waals surface area contributed by atoms with Gasteiger partial charge in [0.1, 0.15) is 5.75 Å². The Hall–Kier alpha value is -1.88. The number of ether oxygens (including phenoxy) is 1. The Morgan fingerprint density at radius 2 is 2.29 bits per heavy atom. The molecule has 5 nitrogen and oxygen atoms in total. The highest BCUT2D eigenvalue weighted by atomic mass is 16.5. The number of hydrogen-bond acceptors (Lipinski definition) is 5. The molecular formula is C16H21N3O2. The SMILES string of the molecule is CCOc1cccc(-c2noc(C3CCCC3NC)n2)c1. The molecule has 0 radical (unpaired) electrons. The first-order valence-corrected chi connectivity index (χ1v) is 7.56. The summed E-state index contributed by atoms with van der Waals surface area (Å²) in [4.78, 5) is 4.59. The lowest BCUT2D eigenvalue weighted by atomic mass is 10.0. The van der Waals surface area contributed by atoms with Crippen molar-refractivity contribution in [2.24, 2.45) is 0 Å². The second-order valence-corrected chi connectivity index (χ2v) is 5.35. The van der Waals surface area contributed by atoms with Crippen molar-refractivity contribution in [2.75, 3.05) is 13.7 Å². The van der Waals surface area contributed by atoms with E-state index in [1.807, 2.05) is 38.2 Å². The molecule has 0 saturated heterocycles. The third-order valence-electron chi connectivity index (χ3n) is 4.05. The van der Waals surface area contributed by atoms with Crippen LogP contribution in [0.3, 0.4) is 0 Å². The van der Waals surface area contributed by atoms with Crippen LogP contribution in [-0.2, 0) is 0 Å². The van der Waals surface area contributed by atoms with Crippen molar-refractivity contribution in [2.45, 2.75) is 38.1 Å². The summed E-state index contributed by atoms with van der Waals surface area (Å²) >= 11 is 0. The van der Waals surface area contributed by atoms with Crippen LogP contribution in [-0.4, -0.2) is 29.8 Å². The molecule has 0 spiro atoms. The molecule has 1 fully saturated rings. The van der Waals surface area contributed by atoms with Crippen LogP contribution in [0.5, 0.6) is 5.75 Å². The lowest BCUT2D eigenvalue weighted by Crippen LogP contribution is -2.27. The lowest BCUT2D eigenvalue weighted by molar-refractivity contribution is 0.335. The average Bonchev–Trinajstić information content (AvgIpc) is 3.16. The lowest BCUT2D eigenvalue weighted by Gasteiger charge is -2.14. The van der Waals surface area contributed by atoms with Gasteiger partial charge in [-0.2, -0.15) is 4.98 Å². The predicted molar refractivity (Wildman–Crippen MR) is 80.3 cm³/mol. The van der Waals surface area contributed by atoms with E-state index < -0.39 is 0 Å². The van der Waals surface area contributed by atoms with Crippen molar-refractivity contribution in [1.82, 2.24) is 15.5 Å². The normalized spacial score (nSPS) is 21.6. The minimum Gasteiger partial charge on any atom is -0.494 e. The standard InChI is InChI=1S/C16H21N3O2/c1-3-20-12-7-4-6-11(10-12)15-18-16(21-19-15)13-8-5-9-14(13)17-2/h4,6-7,10,13-14,17H,3,5,8-9H2,1-2H3. The number of aromatic nitrogens is 2. The van der Waals surface area contributed by atoms with E-state index in [1.54, 1.807) is 0 Å². The van der Waals surface area contributed by atoms with Crippen LogP contribution in [0.25, 0.3) is 11.4 Å². The van der Waals surface area contributed by atoms with E-state index >= 15 is 0 Å². The van der Waals surface area contributed by atoms with E-state index in [0.717, 1.165) is 23.6 Å². The second-order valence-electron chi connectivity index (χ2n) is 5.35. The zero-order valence-electron chi connectivity index (χ0n) is 12.5. The van der Waals surface area contributed by atoms with Gasteiger partial charge in [0, 0.05) is 11.6 Å². The third kappa shape index (κ3) is 2.93. The third-order valence-corrected chi connectivity index (χ3v) is 4.05. The van der Waals surface area contributed by atoms with Gasteiger partial charge in [-0.15, -0.1) is 0 Å². The van der Waals surface area contributed by atoms with Crippen molar-refractivity contribution >= 4 is 0 Å². The molecule has 3 rings (SSSR count). The van der Waals surface area contributed by atoms with Gasteiger partial charge in [-0.25, -0.2) is 0 Å². The van der Waals surface area contributed by atoms with Gasteiger partial charge < -0.3 is 14.6 Å². The van der Waals surface area contributed by atoms with Crippen LogP contribution in [0.15, 0.2) is 28.8 Å². The molecule has 1 heterocycles. The Bertz CT molecular complexity index is 597. The molecule has 1 aliphatic carbocycles. The van der Waals surface area contributed by atoms with Crippen LogP contribution < -0.4 is 10.1 Å². The fraction of sp³-hybridized carbons (Fsp3) is 0.500. The highest BCUT2D eigenvalue weighted by Crippen LogP contribution is 2.34. The molecule has 0 bridgehead atoms. The molecule has 0 aliphatic heterocycles. The van der Waals surface area contributed by atoms with Crippen LogP contribution >= 0.6 is 0 Å². The summed E-state index contributed by atoms with van der Waals surface area (Å²) in [6.45, 7) is 2.62. The quantitative estimate of drug-likeness (QED) is 0.916. The Labute approximate surface area is 124 Å². The Balaban J connectivity index is 1.83. The molecular weight excluding hydrogens is 266 g/mol. The van der Waals surface area contributed by atoms with E-state index in [4.69, 9.17) is 9.26 Å². The first-order valence-electron chi connectivity index (χ1n) is 7.56. The molecule has 1 aromatic carbocycles. The summed E-state index contributed by atoms with van der Waals surface area (Å²) in [6.07, 6.45) is 3.47. The number of likely N-dealkylation sites (N-methyl/N-ethyl adjacent to an activating group) is 1. The summed E-state index contributed by atoms with van der Waals surface area (Å²) in [5.74, 6) is 2.53. The van der Waals surface area contributed by atoms with Crippen LogP contribution in [0.2, 0.25) is 0 Å². The largest absolute Gasteiger partial charge is 0.494 e. The molecule has 1 N–H and O–H groups in total. The minimum atomic E-state index is 0.325. The number of rotatable bonds is 5. The zero-order chi connectivity index (χ0) is 14.7. The molecule has 1 aromatic heterocycles. The number of benzene rings is 1. The Morgan fingerprint density at radius 1 is 1.38 bits per heavy atom. The maximum atomic E-state index is 5.51. The van der Waals surface area contributed by atoms with E-state index in [-0.39, 0.29) is 0 Å².